The summed E-state index contributed by atoms with van der Waals surface area (Å²) >= 11 is 0. The van der Waals surface area contributed by atoms with Crippen LogP contribution in [0.25, 0.3) is 16.7 Å². The molecule has 2 aromatic heterocycles. The molecule has 10 heteroatoms. The van der Waals surface area contributed by atoms with Crippen LogP contribution in [0.1, 0.15) is 0 Å². The van der Waals surface area contributed by atoms with Crippen molar-refractivity contribution in [3.8, 4) is 5.69 Å². The van der Waals surface area contributed by atoms with Crippen molar-refractivity contribution in [2.45, 2.75) is 4.90 Å². The Morgan fingerprint density at radius 3 is 2.71 bits per heavy atom. The van der Waals surface area contributed by atoms with Crippen LogP contribution in [0, 0.1) is 10.1 Å². The summed E-state index contributed by atoms with van der Waals surface area (Å²) in [7, 11) is -4.14. The largest absolute Gasteiger partial charge is 0.301 e. The summed E-state index contributed by atoms with van der Waals surface area (Å²) in [4.78, 5) is 18.2. The third-order valence-corrected chi connectivity index (χ3v) is 5.51. The van der Waals surface area contributed by atoms with E-state index in [1.807, 2.05) is 6.07 Å². The van der Waals surface area contributed by atoms with Crippen molar-refractivity contribution >= 4 is 32.4 Å². The molecular formula is C18H13N5O4S. The van der Waals surface area contributed by atoms with Gasteiger partial charge in [0.1, 0.15) is 12.0 Å². The summed E-state index contributed by atoms with van der Waals surface area (Å²) in [6, 6.07) is 13.7. The van der Waals surface area contributed by atoms with Crippen LogP contribution in [0.15, 0.2) is 78.2 Å². The number of sulfonamides is 1. The Morgan fingerprint density at radius 2 is 1.89 bits per heavy atom. The van der Waals surface area contributed by atoms with Crippen LogP contribution in [0.5, 0.6) is 0 Å². The minimum Gasteiger partial charge on any atom is -0.301 e. The molecule has 1 N–H and O–H groups in total. The van der Waals surface area contributed by atoms with Gasteiger partial charge in [0, 0.05) is 29.5 Å². The third kappa shape index (κ3) is 3.16. The van der Waals surface area contributed by atoms with Gasteiger partial charge >= 0.3 is 0 Å². The fraction of sp³-hybridized carbons (Fsp3) is 0. The predicted molar refractivity (Wildman–Crippen MR) is 103 cm³/mol. The Labute approximate surface area is 159 Å². The summed E-state index contributed by atoms with van der Waals surface area (Å²) in [5.41, 5.74) is 1.14. The number of rotatable bonds is 5. The molecule has 0 bridgehead atoms. The number of nitrogens with one attached hydrogen (secondary N) is 1. The van der Waals surface area contributed by atoms with Gasteiger partial charge in [-0.05, 0) is 30.3 Å². The third-order valence-electron chi connectivity index (χ3n) is 4.08. The van der Waals surface area contributed by atoms with Gasteiger partial charge in [-0.2, -0.15) is 0 Å². The van der Waals surface area contributed by atoms with Crippen molar-refractivity contribution in [3.63, 3.8) is 0 Å². The molecule has 9 nitrogen and oxygen atoms in total. The molecule has 0 fully saturated rings. The second kappa shape index (κ2) is 6.74. The fourth-order valence-corrected chi connectivity index (χ4v) is 4.07. The minimum absolute atomic E-state index is 0.270. The molecule has 4 rings (SSSR count). The molecule has 2 aromatic carbocycles. The predicted octanol–water partition coefficient (Wildman–Crippen LogP) is 3.13. The number of benzene rings is 2. The van der Waals surface area contributed by atoms with Crippen molar-refractivity contribution < 1.29 is 13.3 Å². The first-order valence-electron chi connectivity index (χ1n) is 8.09. The Hall–Kier alpha value is -3.79. The average molecular weight is 395 g/mol. The van der Waals surface area contributed by atoms with Crippen LogP contribution in [-0.4, -0.2) is 27.9 Å². The number of hydrogen-bond acceptors (Lipinski definition) is 6. The lowest BCUT2D eigenvalue weighted by Crippen LogP contribution is -2.14. The van der Waals surface area contributed by atoms with Crippen LogP contribution in [0.2, 0.25) is 0 Å². The summed E-state index contributed by atoms with van der Waals surface area (Å²) in [5.74, 6) is 0. The maximum absolute atomic E-state index is 12.7. The number of aromatic nitrogens is 3. The first-order chi connectivity index (χ1) is 13.5. The molecular weight excluding hydrogens is 382 g/mol. The zero-order valence-electron chi connectivity index (χ0n) is 14.3. The first kappa shape index (κ1) is 17.6. The van der Waals surface area contributed by atoms with E-state index < -0.39 is 25.5 Å². The first-order valence-corrected chi connectivity index (χ1v) is 9.58. The minimum atomic E-state index is -4.14. The van der Waals surface area contributed by atoms with Gasteiger partial charge in [0.2, 0.25) is 0 Å². The topological polar surface area (TPSA) is 120 Å². The second-order valence-electron chi connectivity index (χ2n) is 5.87. The van der Waals surface area contributed by atoms with E-state index in [0.29, 0.717) is 11.3 Å². The Balaban J connectivity index is 1.72. The van der Waals surface area contributed by atoms with Crippen molar-refractivity contribution in [3.05, 3.63) is 83.4 Å². The molecule has 2 heterocycles. The zero-order valence-corrected chi connectivity index (χ0v) is 15.1. The molecule has 4 aromatic rings. The van der Waals surface area contributed by atoms with Gasteiger partial charge in [-0.25, -0.2) is 18.4 Å². The maximum atomic E-state index is 12.7. The number of nitrogens with zero attached hydrogens (tertiary/aromatic N) is 4. The van der Waals surface area contributed by atoms with Crippen molar-refractivity contribution in [2.24, 2.45) is 0 Å². The number of hydrogen-bond donors (Lipinski definition) is 1. The Bertz CT molecular complexity index is 1300. The van der Waals surface area contributed by atoms with Gasteiger partial charge in [0.25, 0.3) is 15.7 Å². The Kier molecular flexibility index (Phi) is 4.24. The standard InChI is InChI=1S/C18H13N5O4S/c24-23(25)16-6-1-2-7-17(16)28(26,27)21-14-4-3-5-15(10-14)22-9-8-13-11-19-12-20-18(13)22/h1-12,21H. The number of anilines is 1. The van der Waals surface area contributed by atoms with Crippen LogP contribution in [0.3, 0.4) is 0 Å². The normalized spacial score (nSPS) is 11.4. The van der Waals surface area contributed by atoms with Crippen LogP contribution < -0.4 is 4.72 Å². The second-order valence-corrected chi connectivity index (χ2v) is 7.52. The number of nitro groups is 1. The molecule has 0 atom stereocenters. The van der Waals surface area contributed by atoms with Crippen molar-refractivity contribution in [2.75, 3.05) is 4.72 Å². The van der Waals surface area contributed by atoms with Gasteiger partial charge in [0.15, 0.2) is 4.90 Å². The van der Waals surface area contributed by atoms with Crippen LogP contribution >= 0.6 is 0 Å². The highest BCUT2D eigenvalue weighted by Crippen LogP contribution is 2.26. The van der Waals surface area contributed by atoms with E-state index in [0.717, 1.165) is 11.5 Å². The van der Waals surface area contributed by atoms with E-state index in [1.54, 1.807) is 41.2 Å². The number of nitro benzene ring substituents is 1. The van der Waals surface area contributed by atoms with E-state index in [1.165, 1.54) is 24.5 Å². The maximum Gasteiger partial charge on any atom is 0.289 e. The van der Waals surface area contributed by atoms with Gasteiger partial charge in [0.05, 0.1) is 10.6 Å². The molecule has 0 radical (unpaired) electrons. The number of fused-ring (bicyclic) bond motifs is 1. The lowest BCUT2D eigenvalue weighted by molar-refractivity contribution is -0.387. The Morgan fingerprint density at radius 1 is 1.07 bits per heavy atom. The highest BCUT2D eigenvalue weighted by atomic mass is 32.2. The van der Waals surface area contributed by atoms with E-state index in [2.05, 4.69) is 14.7 Å². The summed E-state index contributed by atoms with van der Waals surface area (Å²) < 4.78 is 29.6. The zero-order chi connectivity index (χ0) is 19.7. The molecule has 0 aliphatic heterocycles. The van der Waals surface area contributed by atoms with Crippen molar-refractivity contribution in [1.82, 2.24) is 14.5 Å². The van der Waals surface area contributed by atoms with Gasteiger partial charge in [-0.3, -0.25) is 14.8 Å². The lowest BCUT2D eigenvalue weighted by Gasteiger charge is -2.11. The SMILES string of the molecule is O=[N+]([O-])c1ccccc1S(=O)(=O)Nc1cccc(-n2ccc3cncnc32)c1. The molecule has 0 aliphatic rings. The van der Waals surface area contributed by atoms with Crippen molar-refractivity contribution in [1.29, 1.82) is 0 Å². The summed E-state index contributed by atoms with van der Waals surface area (Å²) in [5, 5.41) is 12.0. The molecule has 140 valence electrons. The van der Waals surface area contributed by atoms with Crippen LogP contribution in [0.4, 0.5) is 11.4 Å². The molecule has 28 heavy (non-hydrogen) atoms. The van der Waals surface area contributed by atoms with E-state index in [-0.39, 0.29) is 5.69 Å². The number of para-hydroxylation sites is 1. The van der Waals surface area contributed by atoms with Crippen LogP contribution in [-0.2, 0) is 10.0 Å². The average Bonchev–Trinajstić information content (AvgIpc) is 3.12. The smallest absolute Gasteiger partial charge is 0.289 e. The molecule has 0 saturated carbocycles. The van der Waals surface area contributed by atoms with Gasteiger partial charge < -0.3 is 4.57 Å². The van der Waals surface area contributed by atoms with E-state index >= 15 is 0 Å². The van der Waals surface area contributed by atoms with E-state index in [4.69, 9.17) is 0 Å². The molecule has 0 saturated heterocycles. The lowest BCUT2D eigenvalue weighted by atomic mass is 10.3. The molecule has 0 amide bonds. The summed E-state index contributed by atoms with van der Waals surface area (Å²) in [6.07, 6.45) is 4.91. The highest BCUT2D eigenvalue weighted by molar-refractivity contribution is 7.92. The summed E-state index contributed by atoms with van der Waals surface area (Å²) in [6.45, 7) is 0. The fourth-order valence-electron chi connectivity index (χ4n) is 2.85. The van der Waals surface area contributed by atoms with Gasteiger partial charge in [-0.15, -0.1) is 0 Å². The molecule has 0 aliphatic carbocycles. The monoisotopic (exact) mass is 395 g/mol. The molecule has 0 unspecified atom stereocenters. The van der Waals surface area contributed by atoms with Gasteiger partial charge in [-0.1, -0.05) is 18.2 Å². The quantitative estimate of drug-likeness (QED) is 0.409. The van der Waals surface area contributed by atoms with E-state index in [9.17, 15) is 18.5 Å². The highest BCUT2D eigenvalue weighted by Gasteiger charge is 2.25. The molecule has 0 spiro atoms.